The highest BCUT2D eigenvalue weighted by Crippen LogP contribution is 2.23. The molecule has 2 aliphatic rings. The van der Waals surface area contributed by atoms with Gasteiger partial charge in [-0.1, -0.05) is 0 Å². The minimum absolute atomic E-state index is 0.00829. The molecule has 2 amide bonds. The topological polar surface area (TPSA) is 57.7 Å². The Morgan fingerprint density at radius 3 is 2.93 bits per heavy atom. The first-order valence-corrected chi connectivity index (χ1v) is 5.26. The van der Waals surface area contributed by atoms with Crippen LogP contribution in [-0.2, 0) is 14.4 Å². The van der Waals surface area contributed by atoms with Crippen molar-refractivity contribution in [1.82, 2.24) is 9.80 Å². The number of rotatable bonds is 3. The van der Waals surface area contributed by atoms with Gasteiger partial charge in [-0.3, -0.25) is 9.59 Å². The summed E-state index contributed by atoms with van der Waals surface area (Å²) in [5.74, 6) is 0.0250. The van der Waals surface area contributed by atoms with E-state index in [1.807, 2.05) is 0 Å². The van der Waals surface area contributed by atoms with E-state index in [1.54, 1.807) is 4.90 Å². The average Bonchev–Trinajstić information content (AvgIpc) is 2.70. The summed E-state index contributed by atoms with van der Waals surface area (Å²) in [6, 6.07) is -0.252. The van der Waals surface area contributed by atoms with Crippen LogP contribution in [0.1, 0.15) is 19.3 Å². The van der Waals surface area contributed by atoms with Crippen molar-refractivity contribution in [2.24, 2.45) is 0 Å². The normalized spacial score (nSPS) is 25.7. The van der Waals surface area contributed by atoms with Gasteiger partial charge < -0.3 is 14.6 Å². The van der Waals surface area contributed by atoms with Crippen molar-refractivity contribution in [3.8, 4) is 0 Å². The van der Waals surface area contributed by atoms with E-state index in [-0.39, 0.29) is 24.4 Å². The van der Waals surface area contributed by atoms with Crippen molar-refractivity contribution in [1.29, 1.82) is 0 Å². The molecule has 0 aromatic heterocycles. The van der Waals surface area contributed by atoms with Crippen molar-refractivity contribution < 1.29 is 14.4 Å². The maximum Gasteiger partial charge on any atom is 0.245 e. The number of carbonyl (C=O) groups excluding carboxylic acids is 3. The van der Waals surface area contributed by atoms with Crippen LogP contribution >= 0.6 is 0 Å². The first kappa shape index (κ1) is 10.1. The van der Waals surface area contributed by atoms with Crippen LogP contribution in [-0.4, -0.2) is 53.6 Å². The third kappa shape index (κ3) is 1.73. The number of fused-ring (bicyclic) bond motifs is 1. The van der Waals surface area contributed by atoms with E-state index in [9.17, 15) is 14.4 Å². The van der Waals surface area contributed by atoms with Crippen LogP contribution in [0.3, 0.4) is 0 Å². The van der Waals surface area contributed by atoms with E-state index in [0.29, 0.717) is 19.5 Å². The van der Waals surface area contributed by atoms with Crippen molar-refractivity contribution in [2.45, 2.75) is 25.3 Å². The first-order chi connectivity index (χ1) is 7.24. The van der Waals surface area contributed by atoms with Crippen molar-refractivity contribution in [2.75, 3.05) is 19.6 Å². The molecule has 2 heterocycles. The number of piperazine rings is 1. The van der Waals surface area contributed by atoms with Crippen molar-refractivity contribution in [3.05, 3.63) is 0 Å². The molecule has 0 spiro atoms. The number of hydrogen-bond acceptors (Lipinski definition) is 3. The summed E-state index contributed by atoms with van der Waals surface area (Å²) in [5, 5.41) is 0. The third-order valence-corrected chi connectivity index (χ3v) is 3.01. The zero-order valence-electron chi connectivity index (χ0n) is 8.52. The second kappa shape index (κ2) is 4.00. The van der Waals surface area contributed by atoms with Crippen molar-refractivity contribution in [3.63, 3.8) is 0 Å². The number of amides is 2. The monoisotopic (exact) mass is 210 g/mol. The molecule has 15 heavy (non-hydrogen) atoms. The van der Waals surface area contributed by atoms with Gasteiger partial charge in [0.2, 0.25) is 11.8 Å². The third-order valence-electron chi connectivity index (χ3n) is 3.01. The van der Waals surface area contributed by atoms with E-state index < -0.39 is 0 Å². The van der Waals surface area contributed by atoms with Gasteiger partial charge in [0.25, 0.3) is 0 Å². The molecule has 1 atom stereocenters. The van der Waals surface area contributed by atoms with Crippen LogP contribution in [0.2, 0.25) is 0 Å². The van der Waals surface area contributed by atoms with Crippen LogP contribution in [0.4, 0.5) is 0 Å². The molecule has 2 fully saturated rings. The summed E-state index contributed by atoms with van der Waals surface area (Å²) in [5.41, 5.74) is 0. The Kier molecular flexibility index (Phi) is 2.70. The summed E-state index contributed by atoms with van der Waals surface area (Å²) < 4.78 is 0. The minimum Gasteiger partial charge on any atom is -0.331 e. The first-order valence-electron chi connectivity index (χ1n) is 5.26. The minimum atomic E-state index is -0.252. The van der Waals surface area contributed by atoms with E-state index in [2.05, 4.69) is 0 Å². The van der Waals surface area contributed by atoms with Gasteiger partial charge in [-0.2, -0.15) is 0 Å². The lowest BCUT2D eigenvalue weighted by molar-refractivity contribution is -0.153. The van der Waals surface area contributed by atoms with Gasteiger partial charge in [-0.15, -0.1) is 0 Å². The molecule has 82 valence electrons. The lowest BCUT2D eigenvalue weighted by Gasteiger charge is -2.36. The summed E-state index contributed by atoms with van der Waals surface area (Å²) in [4.78, 5) is 36.9. The number of nitrogens with zero attached hydrogens (tertiary/aromatic N) is 2. The molecule has 0 aromatic rings. The molecule has 2 aliphatic heterocycles. The Hall–Kier alpha value is -1.39. The molecule has 2 saturated heterocycles. The fourth-order valence-corrected chi connectivity index (χ4v) is 2.26. The molecule has 2 rings (SSSR count). The zero-order valence-corrected chi connectivity index (χ0v) is 8.52. The molecule has 5 nitrogen and oxygen atoms in total. The largest absolute Gasteiger partial charge is 0.331 e. The molecule has 0 aliphatic carbocycles. The lowest BCUT2D eigenvalue weighted by Crippen LogP contribution is -2.57. The standard InChI is InChI=1S/C10H14N2O3/c13-6-2-4-11-7-9(14)12-5-1-3-8(12)10(11)15/h6,8H,1-5,7H2. The van der Waals surface area contributed by atoms with Gasteiger partial charge in [0, 0.05) is 19.5 Å². The molecule has 0 aromatic carbocycles. The quantitative estimate of drug-likeness (QED) is 0.585. The highest BCUT2D eigenvalue weighted by molar-refractivity contribution is 5.95. The van der Waals surface area contributed by atoms with E-state index in [4.69, 9.17) is 0 Å². The van der Waals surface area contributed by atoms with Crippen LogP contribution in [0.15, 0.2) is 0 Å². The van der Waals surface area contributed by atoms with Gasteiger partial charge in [0.15, 0.2) is 0 Å². The van der Waals surface area contributed by atoms with Crippen LogP contribution in [0, 0.1) is 0 Å². The van der Waals surface area contributed by atoms with Crippen LogP contribution in [0.25, 0.3) is 0 Å². The highest BCUT2D eigenvalue weighted by atomic mass is 16.2. The molecule has 5 heteroatoms. The highest BCUT2D eigenvalue weighted by Gasteiger charge is 2.41. The molecule has 0 saturated carbocycles. The second-order valence-electron chi connectivity index (χ2n) is 3.96. The Balaban J connectivity index is 2.06. The molecule has 1 unspecified atom stereocenters. The summed E-state index contributed by atoms with van der Waals surface area (Å²) >= 11 is 0. The summed E-state index contributed by atoms with van der Waals surface area (Å²) in [6.07, 6.45) is 2.76. The smallest absolute Gasteiger partial charge is 0.245 e. The Bertz CT molecular complexity index is 303. The summed E-state index contributed by atoms with van der Waals surface area (Å²) in [7, 11) is 0. The van der Waals surface area contributed by atoms with Gasteiger partial charge in [0.1, 0.15) is 12.3 Å². The average molecular weight is 210 g/mol. The van der Waals surface area contributed by atoms with Gasteiger partial charge >= 0.3 is 0 Å². The number of aldehydes is 1. The van der Waals surface area contributed by atoms with Crippen LogP contribution in [0.5, 0.6) is 0 Å². The SMILES string of the molecule is O=CCCN1CC(=O)N2CCCC2C1=O. The molecular formula is C10H14N2O3. The molecule has 0 N–H and O–H groups in total. The predicted molar refractivity (Wildman–Crippen MR) is 52.0 cm³/mol. The number of carbonyl (C=O) groups is 3. The zero-order chi connectivity index (χ0) is 10.8. The van der Waals surface area contributed by atoms with Crippen LogP contribution < -0.4 is 0 Å². The number of hydrogen-bond donors (Lipinski definition) is 0. The fourth-order valence-electron chi connectivity index (χ4n) is 2.26. The van der Waals surface area contributed by atoms with Gasteiger partial charge in [-0.25, -0.2) is 0 Å². The van der Waals surface area contributed by atoms with E-state index >= 15 is 0 Å². The maximum atomic E-state index is 11.9. The Morgan fingerprint density at radius 2 is 2.20 bits per heavy atom. The fraction of sp³-hybridized carbons (Fsp3) is 0.700. The lowest BCUT2D eigenvalue weighted by atomic mass is 10.1. The van der Waals surface area contributed by atoms with E-state index in [0.717, 1.165) is 19.1 Å². The Morgan fingerprint density at radius 1 is 1.40 bits per heavy atom. The molecule has 0 bridgehead atoms. The second-order valence-corrected chi connectivity index (χ2v) is 3.96. The van der Waals surface area contributed by atoms with E-state index in [1.165, 1.54) is 4.90 Å². The van der Waals surface area contributed by atoms with Gasteiger partial charge in [0.05, 0.1) is 6.54 Å². The molecular weight excluding hydrogens is 196 g/mol. The Labute approximate surface area is 88.0 Å². The predicted octanol–water partition coefficient (Wildman–Crippen LogP) is -0.591. The maximum absolute atomic E-state index is 11.9. The molecule has 0 radical (unpaired) electrons. The summed E-state index contributed by atoms with van der Waals surface area (Å²) in [6.45, 7) is 1.22. The van der Waals surface area contributed by atoms with Gasteiger partial charge in [-0.05, 0) is 12.8 Å². The van der Waals surface area contributed by atoms with Crippen molar-refractivity contribution >= 4 is 18.1 Å².